The summed E-state index contributed by atoms with van der Waals surface area (Å²) in [5, 5.41) is 3.21. The summed E-state index contributed by atoms with van der Waals surface area (Å²) in [7, 11) is -1.73. The van der Waals surface area contributed by atoms with Gasteiger partial charge in [0.1, 0.15) is 10.9 Å². The molecule has 8 heteroatoms. The number of piperidine rings is 1. The highest BCUT2D eigenvalue weighted by atomic mass is 32.2. The highest BCUT2D eigenvalue weighted by Gasteiger charge is 2.41. The van der Waals surface area contributed by atoms with Crippen molar-refractivity contribution in [3.8, 4) is 0 Å². The van der Waals surface area contributed by atoms with Crippen LogP contribution in [0.25, 0.3) is 0 Å². The number of fused-ring (bicyclic) bond motifs is 1. The van der Waals surface area contributed by atoms with E-state index in [1.807, 2.05) is 22.9 Å². The lowest BCUT2D eigenvalue weighted by molar-refractivity contribution is -0.136. The first-order valence-electron chi connectivity index (χ1n) is 9.65. The zero-order valence-electron chi connectivity index (χ0n) is 15.6. The molecular formula is C19H26N4O3S. The molecule has 1 aromatic carbocycles. The van der Waals surface area contributed by atoms with Gasteiger partial charge in [0.2, 0.25) is 5.91 Å². The van der Waals surface area contributed by atoms with E-state index in [9.17, 15) is 13.2 Å². The number of hydrogen-bond donors (Lipinski definition) is 1. The summed E-state index contributed by atoms with van der Waals surface area (Å²) < 4.78 is 28.8. The van der Waals surface area contributed by atoms with Crippen LogP contribution in [-0.4, -0.2) is 69.2 Å². The van der Waals surface area contributed by atoms with E-state index in [1.54, 1.807) is 18.2 Å². The molecule has 1 N–H and O–H groups in total. The number of amidine groups is 1. The van der Waals surface area contributed by atoms with Gasteiger partial charge in [-0.2, -0.15) is 8.42 Å². The average Bonchev–Trinajstić information content (AvgIpc) is 3.25. The van der Waals surface area contributed by atoms with E-state index in [-0.39, 0.29) is 16.8 Å². The number of rotatable bonds is 3. The minimum Gasteiger partial charge on any atom is -0.343 e. The fraction of sp³-hybridized carbons (Fsp3) is 0.579. The van der Waals surface area contributed by atoms with Gasteiger partial charge in [0, 0.05) is 25.2 Å². The first-order chi connectivity index (χ1) is 13.0. The first kappa shape index (κ1) is 18.4. The lowest BCUT2D eigenvalue weighted by Crippen LogP contribution is -2.51. The number of nitrogens with zero attached hydrogens (tertiary/aromatic N) is 3. The third-order valence-electron chi connectivity index (χ3n) is 5.75. The summed E-state index contributed by atoms with van der Waals surface area (Å²) in [6, 6.07) is 6.56. The largest absolute Gasteiger partial charge is 0.343 e. The molecule has 0 radical (unpaired) electrons. The second-order valence-electron chi connectivity index (χ2n) is 7.59. The van der Waals surface area contributed by atoms with Gasteiger partial charge < -0.3 is 15.1 Å². The van der Waals surface area contributed by atoms with Crippen LogP contribution in [0, 0.1) is 5.92 Å². The van der Waals surface area contributed by atoms with Crippen molar-refractivity contribution >= 4 is 21.8 Å². The second kappa shape index (κ2) is 7.24. The molecule has 27 heavy (non-hydrogen) atoms. The Morgan fingerprint density at radius 3 is 2.81 bits per heavy atom. The fourth-order valence-electron chi connectivity index (χ4n) is 4.50. The predicted molar refractivity (Wildman–Crippen MR) is 103 cm³/mol. The molecule has 0 aliphatic carbocycles. The van der Waals surface area contributed by atoms with Gasteiger partial charge in [-0.1, -0.05) is 12.1 Å². The number of amides is 1. The summed E-state index contributed by atoms with van der Waals surface area (Å²) in [6.45, 7) is 3.12. The summed E-state index contributed by atoms with van der Waals surface area (Å²) in [4.78, 5) is 17.4. The van der Waals surface area contributed by atoms with Gasteiger partial charge in [-0.15, -0.1) is 4.40 Å². The highest BCUT2D eigenvalue weighted by molar-refractivity contribution is 7.90. The zero-order valence-corrected chi connectivity index (χ0v) is 16.4. The third kappa shape index (κ3) is 3.36. The van der Waals surface area contributed by atoms with E-state index in [2.05, 4.69) is 9.71 Å². The molecule has 3 heterocycles. The molecule has 0 bridgehead atoms. The van der Waals surface area contributed by atoms with Gasteiger partial charge in [0.25, 0.3) is 10.0 Å². The van der Waals surface area contributed by atoms with E-state index >= 15 is 0 Å². The summed E-state index contributed by atoms with van der Waals surface area (Å²) in [5.41, 5.74) is 0.615. The molecule has 2 unspecified atom stereocenters. The van der Waals surface area contributed by atoms with Crippen molar-refractivity contribution < 1.29 is 13.2 Å². The van der Waals surface area contributed by atoms with Crippen LogP contribution < -0.4 is 5.32 Å². The van der Waals surface area contributed by atoms with Crippen LogP contribution in [0.3, 0.4) is 0 Å². The Labute approximate surface area is 160 Å². The van der Waals surface area contributed by atoms with E-state index in [0.717, 1.165) is 45.3 Å². The topological polar surface area (TPSA) is 82.1 Å². The number of carbonyl (C=O) groups is 1. The van der Waals surface area contributed by atoms with E-state index in [4.69, 9.17) is 0 Å². The van der Waals surface area contributed by atoms with Crippen LogP contribution in [0.5, 0.6) is 0 Å². The molecule has 4 rings (SSSR count). The maximum Gasteiger partial charge on any atom is 0.285 e. The Morgan fingerprint density at radius 2 is 2.00 bits per heavy atom. The van der Waals surface area contributed by atoms with Crippen LogP contribution in [-0.2, 0) is 14.8 Å². The SMILES string of the molecule is CNCC1CCCN(C(=O)C2CCCN2C2=NS(=O)(=O)c3ccccc32)C1. The molecule has 1 amide bonds. The summed E-state index contributed by atoms with van der Waals surface area (Å²) in [6.07, 6.45) is 3.76. The number of sulfonamides is 1. The standard InChI is InChI=1S/C19H26N4O3S/c1-20-12-14-6-4-10-22(13-14)19(24)16-8-5-11-23(16)18-15-7-2-3-9-17(15)27(25,26)21-18/h2-3,7,9,14,16,20H,4-6,8,10-13H2,1H3. The lowest BCUT2D eigenvalue weighted by Gasteiger charge is -2.36. The van der Waals surface area contributed by atoms with Crippen LogP contribution in [0.4, 0.5) is 0 Å². The third-order valence-corrected chi connectivity index (χ3v) is 7.07. The van der Waals surface area contributed by atoms with Crippen molar-refractivity contribution in [1.82, 2.24) is 15.1 Å². The van der Waals surface area contributed by atoms with Crippen LogP contribution >= 0.6 is 0 Å². The molecule has 2 fully saturated rings. The maximum atomic E-state index is 13.3. The Balaban J connectivity index is 1.57. The quantitative estimate of drug-likeness (QED) is 0.835. The molecular weight excluding hydrogens is 364 g/mol. The fourth-order valence-corrected chi connectivity index (χ4v) is 5.72. The zero-order chi connectivity index (χ0) is 19.0. The number of nitrogens with one attached hydrogen (secondary N) is 1. The van der Waals surface area contributed by atoms with E-state index in [1.165, 1.54) is 0 Å². The molecule has 2 atom stereocenters. The molecule has 0 saturated carbocycles. The minimum atomic E-state index is -3.67. The van der Waals surface area contributed by atoms with Gasteiger partial charge >= 0.3 is 0 Å². The van der Waals surface area contributed by atoms with Gasteiger partial charge in [0.05, 0.1) is 0 Å². The molecule has 0 spiro atoms. The van der Waals surface area contributed by atoms with Crippen molar-refractivity contribution in [2.75, 3.05) is 33.2 Å². The summed E-state index contributed by atoms with van der Waals surface area (Å²) in [5.74, 6) is 1.02. The second-order valence-corrected chi connectivity index (χ2v) is 9.16. The Morgan fingerprint density at radius 1 is 1.22 bits per heavy atom. The van der Waals surface area contributed by atoms with E-state index in [0.29, 0.717) is 23.9 Å². The number of hydrogen-bond acceptors (Lipinski definition) is 5. The first-order valence-corrected chi connectivity index (χ1v) is 11.1. The normalized spacial score (nSPS) is 26.8. The maximum absolute atomic E-state index is 13.3. The minimum absolute atomic E-state index is 0.109. The Kier molecular flexibility index (Phi) is 4.94. The van der Waals surface area contributed by atoms with Gasteiger partial charge in [0.15, 0.2) is 5.84 Å². The molecule has 2 saturated heterocycles. The number of likely N-dealkylation sites (tertiary alicyclic amines) is 2. The van der Waals surface area contributed by atoms with E-state index < -0.39 is 10.0 Å². The molecule has 1 aromatic rings. The highest BCUT2D eigenvalue weighted by Crippen LogP contribution is 2.32. The smallest absolute Gasteiger partial charge is 0.285 e. The molecule has 3 aliphatic rings. The van der Waals surface area contributed by atoms with Crippen molar-refractivity contribution in [2.45, 2.75) is 36.6 Å². The van der Waals surface area contributed by atoms with Gasteiger partial charge in [-0.25, -0.2) is 0 Å². The van der Waals surface area contributed by atoms with Crippen LogP contribution in [0.15, 0.2) is 33.6 Å². The van der Waals surface area contributed by atoms with Crippen molar-refractivity contribution in [2.24, 2.45) is 10.3 Å². The monoisotopic (exact) mass is 390 g/mol. The number of carbonyl (C=O) groups excluding carboxylic acids is 1. The predicted octanol–water partition coefficient (Wildman–Crippen LogP) is 1.06. The van der Waals surface area contributed by atoms with Crippen molar-refractivity contribution in [3.63, 3.8) is 0 Å². The average molecular weight is 391 g/mol. The molecule has 146 valence electrons. The Bertz CT molecular complexity index is 865. The number of benzene rings is 1. The summed E-state index contributed by atoms with van der Waals surface area (Å²) >= 11 is 0. The molecule has 0 aromatic heterocycles. The molecule has 7 nitrogen and oxygen atoms in total. The molecule has 3 aliphatic heterocycles. The lowest BCUT2D eigenvalue weighted by atomic mass is 9.97. The Hall–Kier alpha value is -1.93. The van der Waals surface area contributed by atoms with Crippen molar-refractivity contribution in [3.05, 3.63) is 29.8 Å². The van der Waals surface area contributed by atoms with Gasteiger partial charge in [-0.3, -0.25) is 4.79 Å². The van der Waals surface area contributed by atoms with Gasteiger partial charge in [-0.05, 0) is 57.3 Å². The van der Waals surface area contributed by atoms with Crippen LogP contribution in [0.2, 0.25) is 0 Å². The van der Waals surface area contributed by atoms with Crippen LogP contribution in [0.1, 0.15) is 31.2 Å². The van der Waals surface area contributed by atoms with Crippen molar-refractivity contribution in [1.29, 1.82) is 0 Å².